The Labute approximate surface area is 349 Å². The van der Waals surface area contributed by atoms with Gasteiger partial charge in [-0.2, -0.15) is 0 Å². The van der Waals surface area contributed by atoms with Gasteiger partial charge in [-0.15, -0.1) is 0 Å². The number of hydrogen-bond acceptors (Lipinski definition) is 8. The van der Waals surface area contributed by atoms with Crippen molar-refractivity contribution in [2.45, 2.75) is 76.2 Å². The first-order valence-electron chi connectivity index (χ1n) is 20.8. The third kappa shape index (κ3) is 9.69. The monoisotopic (exact) mass is 808 g/mol. The lowest BCUT2D eigenvalue weighted by Gasteiger charge is -2.40. The van der Waals surface area contributed by atoms with Crippen molar-refractivity contribution in [3.63, 3.8) is 0 Å². The molecule has 0 aliphatic carbocycles. The molecule has 60 heavy (non-hydrogen) atoms. The summed E-state index contributed by atoms with van der Waals surface area (Å²) in [6, 6.07) is 39.2. The van der Waals surface area contributed by atoms with Gasteiger partial charge in [-0.25, -0.2) is 4.79 Å². The van der Waals surface area contributed by atoms with Crippen LogP contribution in [-0.4, -0.2) is 57.1 Å². The molecule has 3 heterocycles. The number of imidazole rings is 1. The fourth-order valence-electron chi connectivity index (χ4n) is 8.41. The maximum atomic E-state index is 12.9. The predicted molar refractivity (Wildman–Crippen MR) is 233 cm³/mol. The van der Waals surface area contributed by atoms with Gasteiger partial charge in [-0.05, 0) is 71.3 Å². The highest BCUT2D eigenvalue weighted by Gasteiger charge is 2.34. The largest absolute Gasteiger partial charge is 0.397 e. The van der Waals surface area contributed by atoms with Crippen LogP contribution in [0.4, 0.5) is 11.4 Å². The Kier molecular flexibility index (Phi) is 12.8. The molecule has 2 aliphatic rings. The van der Waals surface area contributed by atoms with E-state index in [0.717, 1.165) is 76.9 Å². The van der Waals surface area contributed by atoms with E-state index < -0.39 is 6.29 Å². The number of ether oxygens (including phenoxy) is 2. The van der Waals surface area contributed by atoms with Crippen molar-refractivity contribution in [1.82, 2.24) is 19.8 Å². The van der Waals surface area contributed by atoms with Crippen molar-refractivity contribution in [2.24, 2.45) is 0 Å². The number of nitrogen functional groups attached to an aromatic ring is 1. The highest BCUT2D eigenvalue weighted by Crippen LogP contribution is 2.39. The lowest BCUT2D eigenvalue weighted by Crippen LogP contribution is -2.43. The number of nitrogens with zero attached hydrogens (tertiary/aromatic N) is 2. The molecule has 6 aromatic rings. The minimum atomic E-state index is -0.593. The van der Waals surface area contributed by atoms with Crippen LogP contribution in [0.2, 0.25) is 0 Å². The zero-order chi connectivity index (χ0) is 41.4. The zero-order valence-corrected chi connectivity index (χ0v) is 33.6. The van der Waals surface area contributed by atoms with Crippen LogP contribution in [0.1, 0.15) is 79.2 Å². The first-order chi connectivity index (χ1) is 29.3. The van der Waals surface area contributed by atoms with Crippen molar-refractivity contribution in [2.75, 3.05) is 30.7 Å². The number of anilines is 2. The molecule has 0 spiro atoms. The molecule has 6 N–H and O–H groups in total. The number of nitrogens with one attached hydrogen (secondary N) is 3. The van der Waals surface area contributed by atoms with Gasteiger partial charge >= 0.3 is 5.69 Å². The van der Waals surface area contributed by atoms with Gasteiger partial charge < -0.3 is 40.8 Å². The molecule has 2 fully saturated rings. The molecule has 310 valence electrons. The molecular formula is C48H52N6O6. The molecule has 5 aromatic carbocycles. The Bertz CT molecular complexity index is 2450. The summed E-state index contributed by atoms with van der Waals surface area (Å²) in [6.45, 7) is 2.79. The topological polar surface area (TPSA) is 164 Å². The number of hydrogen-bond donors (Lipinski definition) is 5. The van der Waals surface area contributed by atoms with Gasteiger partial charge in [0.2, 0.25) is 11.8 Å². The summed E-state index contributed by atoms with van der Waals surface area (Å²) in [5, 5.41) is 15.5. The number of carbonyl (C=O) groups is 2. The molecule has 0 bridgehead atoms. The fraction of sp³-hybridized carbons (Fsp3) is 0.312. The van der Waals surface area contributed by atoms with E-state index in [4.69, 9.17) is 15.2 Å². The molecular weight excluding hydrogens is 757 g/mol. The van der Waals surface area contributed by atoms with Crippen molar-refractivity contribution >= 4 is 34.2 Å². The highest BCUT2D eigenvalue weighted by molar-refractivity contribution is 5.94. The highest BCUT2D eigenvalue weighted by atomic mass is 16.7. The standard InChI is InChI=1S/C48H52N6O6/c49-40-10-3-4-11-41(40)51-46(57)15-7-14-45(56)50-29-36-8-1-2-9-39(36)33-20-22-35(23-21-33)47-59-38(28-44(60-47)34-18-16-32(31-55)17-19-34)30-53-26-24-37(25-27-53)54-43-13-6-5-12-42(43)52-48(54)58/h1-6,8-13,16-23,37-38,44,47,55H,7,14-15,24-31,49H2,(H,50,56)(H,51,57)(H,52,58). The van der Waals surface area contributed by atoms with Gasteiger partial charge in [-0.3, -0.25) is 14.2 Å². The molecule has 3 unspecified atom stereocenters. The van der Waals surface area contributed by atoms with Gasteiger partial charge in [0.05, 0.1) is 41.2 Å². The molecule has 0 saturated carbocycles. The van der Waals surface area contributed by atoms with E-state index in [1.54, 1.807) is 18.2 Å². The minimum absolute atomic E-state index is 0.0190. The molecule has 1 aromatic heterocycles. The zero-order valence-electron chi connectivity index (χ0n) is 33.6. The Morgan fingerprint density at radius 3 is 2.28 bits per heavy atom. The summed E-state index contributed by atoms with van der Waals surface area (Å²) in [4.78, 5) is 43.5. The smallest absolute Gasteiger partial charge is 0.326 e. The number of likely N-dealkylation sites (tertiary alicyclic amines) is 1. The maximum absolute atomic E-state index is 12.9. The number of aliphatic hydroxyl groups is 1. The van der Waals surface area contributed by atoms with E-state index in [-0.39, 0.29) is 55.2 Å². The SMILES string of the molecule is Nc1ccccc1NC(=O)CCCC(=O)NCc1ccccc1-c1ccc(C2OC(CN3CCC(n4c(=O)[nH]c5ccccc54)CC3)CC(c3ccc(CO)cc3)O2)cc1. The number of amides is 2. The number of aliphatic hydroxyl groups excluding tert-OH is 1. The van der Waals surface area contributed by atoms with Crippen LogP contribution in [0.15, 0.2) is 126 Å². The number of fused-ring (bicyclic) bond motifs is 1. The number of piperidine rings is 1. The van der Waals surface area contributed by atoms with Crippen LogP contribution in [0.25, 0.3) is 22.2 Å². The Morgan fingerprint density at radius 2 is 1.50 bits per heavy atom. The normalized spacial score (nSPS) is 18.6. The van der Waals surface area contributed by atoms with Crippen LogP contribution in [0.3, 0.4) is 0 Å². The van der Waals surface area contributed by atoms with E-state index in [1.165, 1.54) is 0 Å². The van der Waals surface area contributed by atoms with Crippen molar-refractivity contribution in [3.8, 4) is 11.1 Å². The van der Waals surface area contributed by atoms with E-state index in [1.807, 2.05) is 95.6 Å². The van der Waals surface area contributed by atoms with Crippen LogP contribution in [0, 0.1) is 0 Å². The fourth-order valence-corrected chi connectivity index (χ4v) is 8.41. The minimum Gasteiger partial charge on any atom is -0.397 e. The van der Waals surface area contributed by atoms with Crippen LogP contribution in [-0.2, 0) is 32.2 Å². The number of aromatic amines is 1. The van der Waals surface area contributed by atoms with Gasteiger partial charge in [-0.1, -0.05) is 97.1 Å². The first-order valence-corrected chi connectivity index (χ1v) is 20.8. The molecule has 2 saturated heterocycles. The van der Waals surface area contributed by atoms with Crippen molar-refractivity contribution < 1.29 is 24.2 Å². The first kappa shape index (κ1) is 40.7. The summed E-state index contributed by atoms with van der Waals surface area (Å²) in [6.07, 6.45) is 2.40. The Balaban J connectivity index is 0.896. The third-order valence-corrected chi connectivity index (χ3v) is 11.7. The van der Waals surface area contributed by atoms with Crippen molar-refractivity contribution in [3.05, 3.63) is 154 Å². The van der Waals surface area contributed by atoms with E-state index >= 15 is 0 Å². The Morgan fingerprint density at radius 1 is 0.800 bits per heavy atom. The van der Waals surface area contributed by atoms with Gasteiger partial charge in [0.25, 0.3) is 0 Å². The van der Waals surface area contributed by atoms with Crippen LogP contribution in [0.5, 0.6) is 0 Å². The van der Waals surface area contributed by atoms with Crippen LogP contribution < -0.4 is 22.1 Å². The number of aromatic nitrogens is 2. The van der Waals surface area contributed by atoms with Gasteiger partial charge in [0.15, 0.2) is 6.29 Å². The molecule has 12 nitrogen and oxygen atoms in total. The summed E-state index contributed by atoms with van der Waals surface area (Å²) < 4.78 is 15.3. The summed E-state index contributed by atoms with van der Waals surface area (Å²) in [5.41, 5.74) is 14.5. The maximum Gasteiger partial charge on any atom is 0.326 e. The number of H-pyrrole nitrogens is 1. The number of benzene rings is 5. The second-order valence-corrected chi connectivity index (χ2v) is 15.7. The summed E-state index contributed by atoms with van der Waals surface area (Å²) in [5.74, 6) is -0.304. The number of carbonyl (C=O) groups excluding carboxylic acids is 2. The number of nitrogens with two attached hydrogens (primary N) is 1. The lowest BCUT2D eigenvalue weighted by molar-refractivity contribution is -0.253. The average Bonchev–Trinajstić information content (AvgIpc) is 3.62. The number of rotatable bonds is 14. The lowest BCUT2D eigenvalue weighted by atomic mass is 9.97. The van der Waals surface area contributed by atoms with Crippen molar-refractivity contribution in [1.29, 1.82) is 0 Å². The second kappa shape index (κ2) is 18.9. The van der Waals surface area contributed by atoms with Gasteiger partial charge in [0, 0.05) is 57.0 Å². The molecule has 2 amide bonds. The average molecular weight is 809 g/mol. The second-order valence-electron chi connectivity index (χ2n) is 15.7. The van der Waals surface area contributed by atoms with E-state index in [0.29, 0.717) is 30.8 Å². The molecule has 0 radical (unpaired) electrons. The van der Waals surface area contributed by atoms with Gasteiger partial charge in [0.1, 0.15) is 0 Å². The van der Waals surface area contributed by atoms with E-state index in [9.17, 15) is 19.5 Å². The van der Waals surface area contributed by atoms with Crippen LogP contribution >= 0.6 is 0 Å². The molecule has 2 aliphatic heterocycles. The van der Waals surface area contributed by atoms with E-state index in [2.05, 4.69) is 32.7 Å². The number of para-hydroxylation sites is 4. The summed E-state index contributed by atoms with van der Waals surface area (Å²) >= 11 is 0. The summed E-state index contributed by atoms with van der Waals surface area (Å²) in [7, 11) is 0. The molecule has 8 rings (SSSR count). The Hall–Kier alpha value is -6.05. The quantitative estimate of drug-likeness (QED) is 0.0712. The predicted octanol–water partition coefficient (Wildman–Crippen LogP) is 7.38. The molecule has 12 heteroatoms. The third-order valence-electron chi connectivity index (χ3n) is 11.7. The molecule has 3 atom stereocenters.